The summed E-state index contributed by atoms with van der Waals surface area (Å²) < 4.78 is 7.89. The molecule has 3 aromatic carbocycles. The molecule has 0 radical (unpaired) electrons. The van der Waals surface area contributed by atoms with Gasteiger partial charge in [0.25, 0.3) is 5.91 Å². The minimum Gasteiger partial charge on any atom is -0.489 e. The number of aryl methyl sites for hydroxylation is 1. The summed E-state index contributed by atoms with van der Waals surface area (Å²) in [5, 5.41) is 8.99. The van der Waals surface area contributed by atoms with Crippen molar-refractivity contribution < 1.29 is 9.53 Å². The van der Waals surface area contributed by atoms with Crippen LogP contribution in [0, 0.1) is 6.92 Å². The minimum atomic E-state index is -0.262. The maximum Gasteiger partial charge on any atom is 0.258 e. The third-order valence-corrected chi connectivity index (χ3v) is 5.89. The van der Waals surface area contributed by atoms with Crippen LogP contribution >= 0.6 is 11.6 Å². The van der Waals surface area contributed by atoms with Gasteiger partial charge in [0.15, 0.2) is 5.82 Å². The Balaban J connectivity index is 1.32. The van der Waals surface area contributed by atoms with Gasteiger partial charge in [-0.3, -0.25) is 14.5 Å². The molecule has 0 saturated heterocycles. The van der Waals surface area contributed by atoms with Gasteiger partial charge in [0.05, 0.1) is 17.6 Å². The number of carbonyl (C=O) groups excluding carboxylic acids is 1. The molecule has 0 aliphatic carbocycles. The van der Waals surface area contributed by atoms with E-state index in [0.29, 0.717) is 29.6 Å². The summed E-state index contributed by atoms with van der Waals surface area (Å²) in [5.74, 6) is 0.943. The molecule has 0 aliphatic rings. The molecule has 0 saturated carbocycles. The highest BCUT2D eigenvalue weighted by Gasteiger charge is 2.13. The van der Waals surface area contributed by atoms with Crippen LogP contribution in [0.1, 0.15) is 27.2 Å². The first-order valence-electron chi connectivity index (χ1n) is 11.2. The molecule has 1 N–H and O–H groups in total. The Hall–Kier alpha value is -4.16. The monoisotopic (exact) mass is 482 g/mol. The zero-order valence-corrected chi connectivity index (χ0v) is 19.9. The number of pyridine rings is 1. The first kappa shape index (κ1) is 22.6. The number of carbonyl (C=O) groups is 1. The van der Waals surface area contributed by atoms with Gasteiger partial charge in [0.1, 0.15) is 12.4 Å². The Morgan fingerprint density at radius 2 is 1.80 bits per heavy atom. The number of hydrogen-bond donors (Lipinski definition) is 1. The van der Waals surface area contributed by atoms with Crippen molar-refractivity contribution in [2.45, 2.75) is 20.1 Å². The maximum atomic E-state index is 12.8. The van der Waals surface area contributed by atoms with Crippen molar-refractivity contribution in [2.24, 2.45) is 0 Å². The first-order valence-corrected chi connectivity index (χ1v) is 11.6. The Bertz CT molecular complexity index is 1500. The number of hydrogen-bond acceptors (Lipinski definition) is 4. The molecule has 0 unspecified atom stereocenters. The van der Waals surface area contributed by atoms with Crippen molar-refractivity contribution in [3.05, 3.63) is 119 Å². The van der Waals surface area contributed by atoms with Crippen molar-refractivity contribution in [1.82, 2.24) is 14.8 Å². The molecule has 7 heteroatoms. The fourth-order valence-electron chi connectivity index (χ4n) is 3.82. The first-order chi connectivity index (χ1) is 17.0. The van der Waals surface area contributed by atoms with Crippen LogP contribution in [0.5, 0.6) is 5.75 Å². The lowest BCUT2D eigenvalue weighted by molar-refractivity contribution is 0.102. The number of nitrogens with zero attached hydrogens (tertiary/aromatic N) is 3. The van der Waals surface area contributed by atoms with Gasteiger partial charge in [-0.25, -0.2) is 0 Å². The fraction of sp³-hybridized carbons (Fsp3) is 0.107. The van der Waals surface area contributed by atoms with Crippen LogP contribution in [0.4, 0.5) is 5.82 Å². The molecule has 35 heavy (non-hydrogen) atoms. The van der Waals surface area contributed by atoms with Crippen LogP contribution in [-0.4, -0.2) is 20.7 Å². The SMILES string of the molecule is Cc1cc(NC(=O)c2cnc3ccccc3c2)nn1Cc1cc(Cl)ccc1OCc1ccccc1. The second-order valence-corrected chi connectivity index (χ2v) is 8.66. The Kier molecular flexibility index (Phi) is 6.46. The zero-order chi connectivity index (χ0) is 24.2. The Morgan fingerprint density at radius 1 is 1.00 bits per heavy atom. The van der Waals surface area contributed by atoms with E-state index in [4.69, 9.17) is 16.3 Å². The Morgan fingerprint density at radius 3 is 2.66 bits per heavy atom. The molecular weight excluding hydrogens is 460 g/mol. The van der Waals surface area contributed by atoms with E-state index in [1.807, 2.05) is 96.5 Å². The van der Waals surface area contributed by atoms with Crippen molar-refractivity contribution >= 4 is 34.2 Å². The number of amides is 1. The molecule has 2 heterocycles. The average molecular weight is 483 g/mol. The van der Waals surface area contributed by atoms with Gasteiger partial charge in [0, 0.05) is 33.9 Å². The number of benzene rings is 3. The van der Waals surface area contributed by atoms with Crippen LogP contribution < -0.4 is 10.1 Å². The number of anilines is 1. The summed E-state index contributed by atoms with van der Waals surface area (Å²) in [6.07, 6.45) is 1.57. The van der Waals surface area contributed by atoms with Gasteiger partial charge in [-0.05, 0) is 42.8 Å². The van der Waals surface area contributed by atoms with E-state index >= 15 is 0 Å². The normalized spacial score (nSPS) is 10.9. The summed E-state index contributed by atoms with van der Waals surface area (Å²) in [5.41, 5.74) is 4.19. The molecule has 1 amide bonds. The van der Waals surface area contributed by atoms with Crippen molar-refractivity contribution in [3.8, 4) is 5.75 Å². The highest BCUT2D eigenvalue weighted by atomic mass is 35.5. The smallest absolute Gasteiger partial charge is 0.258 e. The lowest BCUT2D eigenvalue weighted by Gasteiger charge is -2.13. The third-order valence-electron chi connectivity index (χ3n) is 5.66. The van der Waals surface area contributed by atoms with Crippen molar-refractivity contribution in [1.29, 1.82) is 0 Å². The molecule has 174 valence electrons. The largest absolute Gasteiger partial charge is 0.489 e. The second-order valence-electron chi connectivity index (χ2n) is 8.23. The fourth-order valence-corrected chi connectivity index (χ4v) is 4.02. The summed E-state index contributed by atoms with van der Waals surface area (Å²) in [7, 11) is 0. The molecule has 0 bridgehead atoms. The van der Waals surface area contributed by atoms with Gasteiger partial charge in [-0.15, -0.1) is 0 Å². The van der Waals surface area contributed by atoms with E-state index in [9.17, 15) is 4.79 Å². The molecule has 5 rings (SSSR count). The maximum absolute atomic E-state index is 12.8. The van der Waals surface area contributed by atoms with Gasteiger partial charge in [-0.1, -0.05) is 60.1 Å². The van der Waals surface area contributed by atoms with Crippen LogP contribution in [-0.2, 0) is 13.2 Å². The van der Waals surface area contributed by atoms with E-state index in [-0.39, 0.29) is 5.91 Å². The number of ether oxygens (including phenoxy) is 1. The Labute approximate surface area is 208 Å². The van der Waals surface area contributed by atoms with Gasteiger partial charge in [0.2, 0.25) is 0 Å². The van der Waals surface area contributed by atoms with Gasteiger partial charge >= 0.3 is 0 Å². The molecule has 0 fully saturated rings. The van der Waals surface area contributed by atoms with Gasteiger partial charge in [-0.2, -0.15) is 5.10 Å². The van der Waals surface area contributed by atoms with Crippen molar-refractivity contribution in [3.63, 3.8) is 0 Å². The lowest BCUT2D eigenvalue weighted by atomic mass is 10.1. The van der Waals surface area contributed by atoms with Crippen LogP contribution in [0.25, 0.3) is 10.9 Å². The average Bonchev–Trinajstić information content (AvgIpc) is 3.22. The topological polar surface area (TPSA) is 69.0 Å². The quantitative estimate of drug-likeness (QED) is 0.296. The lowest BCUT2D eigenvalue weighted by Crippen LogP contribution is -2.13. The van der Waals surface area contributed by atoms with Crippen molar-refractivity contribution in [2.75, 3.05) is 5.32 Å². The van der Waals surface area contributed by atoms with Crippen LogP contribution in [0.15, 0.2) is 91.1 Å². The number of nitrogens with one attached hydrogen (secondary N) is 1. The number of para-hydroxylation sites is 1. The number of halogens is 1. The van der Waals surface area contributed by atoms with Gasteiger partial charge < -0.3 is 10.1 Å². The summed E-state index contributed by atoms with van der Waals surface area (Å²) in [4.78, 5) is 17.2. The van der Waals surface area contributed by atoms with E-state index in [0.717, 1.165) is 33.5 Å². The summed E-state index contributed by atoms with van der Waals surface area (Å²) >= 11 is 6.28. The predicted molar refractivity (Wildman–Crippen MR) is 138 cm³/mol. The van der Waals surface area contributed by atoms with Crippen LogP contribution in [0.3, 0.4) is 0 Å². The molecule has 0 atom stereocenters. The highest BCUT2D eigenvalue weighted by Crippen LogP contribution is 2.26. The standard InChI is InChI=1S/C28H23ClN4O2/c1-19-13-27(31-28(34)22-14-21-9-5-6-10-25(21)30-16-22)32-33(19)17-23-15-24(29)11-12-26(23)35-18-20-7-3-2-4-8-20/h2-16H,17-18H2,1H3,(H,31,32,34). The van der Waals surface area contributed by atoms with E-state index in [1.54, 1.807) is 6.20 Å². The second kappa shape index (κ2) is 9.99. The molecule has 0 spiro atoms. The molecular formula is C28H23ClN4O2. The summed E-state index contributed by atoms with van der Waals surface area (Å²) in [6, 6.07) is 26.9. The zero-order valence-electron chi connectivity index (χ0n) is 19.1. The van der Waals surface area contributed by atoms with E-state index < -0.39 is 0 Å². The number of rotatable bonds is 7. The minimum absolute atomic E-state index is 0.262. The molecule has 6 nitrogen and oxygen atoms in total. The van der Waals surface area contributed by atoms with E-state index in [1.165, 1.54) is 0 Å². The van der Waals surface area contributed by atoms with Crippen LogP contribution in [0.2, 0.25) is 5.02 Å². The predicted octanol–water partition coefficient (Wildman–Crippen LogP) is 6.27. The summed E-state index contributed by atoms with van der Waals surface area (Å²) in [6.45, 7) is 2.84. The molecule has 0 aliphatic heterocycles. The highest BCUT2D eigenvalue weighted by molar-refractivity contribution is 6.30. The molecule has 2 aromatic heterocycles. The van der Waals surface area contributed by atoms with E-state index in [2.05, 4.69) is 15.4 Å². The number of fused-ring (bicyclic) bond motifs is 1. The number of aromatic nitrogens is 3. The molecule has 5 aromatic rings. The third kappa shape index (κ3) is 5.34.